The molecule has 0 spiro atoms. The maximum Gasteiger partial charge on any atom is 0.245 e. The van der Waals surface area contributed by atoms with Crippen LogP contribution in [-0.2, 0) is 25.9 Å². The fourth-order valence-electron chi connectivity index (χ4n) is 5.53. The van der Waals surface area contributed by atoms with E-state index in [4.69, 9.17) is 9.47 Å². The van der Waals surface area contributed by atoms with Gasteiger partial charge in [0.25, 0.3) is 0 Å². The number of ketones is 1. The molecule has 0 aliphatic carbocycles. The molecule has 4 aromatic carbocycles. The van der Waals surface area contributed by atoms with Gasteiger partial charge in [-0.2, -0.15) is 0 Å². The van der Waals surface area contributed by atoms with Crippen molar-refractivity contribution in [1.82, 2.24) is 4.57 Å². The van der Waals surface area contributed by atoms with Crippen LogP contribution in [0.25, 0.3) is 21.8 Å². The molecule has 0 fully saturated rings. The fourth-order valence-corrected chi connectivity index (χ4v) is 5.53. The molecule has 0 atom stereocenters. The predicted molar refractivity (Wildman–Crippen MR) is 134 cm³/mol. The van der Waals surface area contributed by atoms with E-state index in [-0.39, 0.29) is 12.3 Å². The summed E-state index contributed by atoms with van der Waals surface area (Å²) in [7, 11) is 0. The average molecular weight is 462 g/mol. The second-order valence-electron chi connectivity index (χ2n) is 9.36. The number of hydrogen-bond acceptors (Lipinski definition) is 3. The number of rotatable bonds is 5. The van der Waals surface area contributed by atoms with Crippen molar-refractivity contribution < 1.29 is 18.8 Å². The number of carbonyl (C=O) groups is 1. The molecule has 5 aromatic rings. The number of fused-ring (bicyclic) bond motifs is 4. The number of carbonyl (C=O) groups excluding carboxylic acids is 1. The first-order valence-electron chi connectivity index (χ1n) is 12.2. The molecule has 5 nitrogen and oxygen atoms in total. The topological polar surface area (TPSA) is 44.3 Å². The highest BCUT2D eigenvalue weighted by Crippen LogP contribution is 2.40. The normalized spacial score (nSPS) is 14.1. The lowest BCUT2D eigenvalue weighted by molar-refractivity contribution is -0.663. The van der Waals surface area contributed by atoms with Crippen molar-refractivity contribution in [1.29, 1.82) is 0 Å². The van der Waals surface area contributed by atoms with Gasteiger partial charge in [-0.3, -0.25) is 4.79 Å². The minimum atomic E-state index is 0.0990. The first-order valence-corrected chi connectivity index (χ1v) is 12.2. The van der Waals surface area contributed by atoms with Crippen molar-refractivity contribution in [2.24, 2.45) is 0 Å². The Morgan fingerprint density at radius 1 is 0.886 bits per heavy atom. The maximum absolute atomic E-state index is 13.3. The molecule has 7 rings (SSSR count). The highest BCUT2D eigenvalue weighted by Gasteiger charge is 2.29. The van der Waals surface area contributed by atoms with E-state index in [1.165, 1.54) is 16.7 Å². The molecule has 3 heterocycles. The molecular weight excluding hydrogens is 436 g/mol. The van der Waals surface area contributed by atoms with Crippen LogP contribution in [0, 0.1) is 0 Å². The lowest BCUT2D eigenvalue weighted by Crippen LogP contribution is -2.33. The minimum absolute atomic E-state index is 0.0990. The summed E-state index contributed by atoms with van der Waals surface area (Å²) < 4.78 is 16.3. The molecule has 0 N–H and O–H groups in total. The summed E-state index contributed by atoms with van der Waals surface area (Å²) in [6, 6.07) is 24.5. The van der Waals surface area contributed by atoms with Gasteiger partial charge in [-0.1, -0.05) is 48.5 Å². The van der Waals surface area contributed by atoms with Gasteiger partial charge in [0.05, 0.1) is 13.2 Å². The van der Waals surface area contributed by atoms with Crippen LogP contribution in [0.15, 0.2) is 79.1 Å². The smallest absolute Gasteiger partial charge is 0.245 e. The molecule has 0 bridgehead atoms. The summed E-state index contributed by atoms with van der Waals surface area (Å²) >= 11 is 0. The number of imidazole rings is 1. The Bertz CT molecular complexity index is 1600. The van der Waals surface area contributed by atoms with Crippen LogP contribution in [-0.4, -0.2) is 23.6 Å². The molecule has 0 unspecified atom stereocenters. The van der Waals surface area contributed by atoms with Gasteiger partial charge in [0, 0.05) is 35.1 Å². The van der Waals surface area contributed by atoms with Gasteiger partial charge >= 0.3 is 0 Å². The van der Waals surface area contributed by atoms with Gasteiger partial charge in [0.1, 0.15) is 18.0 Å². The molecule has 2 aliphatic heterocycles. The lowest BCUT2D eigenvalue weighted by atomic mass is 9.99. The molecule has 172 valence electrons. The average Bonchev–Trinajstić information content (AvgIpc) is 3.63. The Kier molecular flexibility index (Phi) is 4.62. The van der Waals surface area contributed by atoms with E-state index in [2.05, 4.69) is 39.7 Å². The van der Waals surface area contributed by atoms with Crippen molar-refractivity contribution in [3.8, 4) is 11.5 Å². The third kappa shape index (κ3) is 3.38. The zero-order valence-electron chi connectivity index (χ0n) is 19.4. The number of nitrogens with zero attached hydrogens (tertiary/aromatic N) is 2. The van der Waals surface area contributed by atoms with Crippen molar-refractivity contribution in [3.63, 3.8) is 0 Å². The van der Waals surface area contributed by atoms with Gasteiger partial charge in [0.2, 0.25) is 12.1 Å². The van der Waals surface area contributed by atoms with Crippen molar-refractivity contribution in [2.75, 3.05) is 13.2 Å². The van der Waals surface area contributed by atoms with Crippen LogP contribution in [0.4, 0.5) is 0 Å². The number of ether oxygens (including phenoxy) is 2. The Hall–Kier alpha value is -4.12. The molecule has 0 radical (unpaired) electrons. The van der Waals surface area contributed by atoms with Gasteiger partial charge in [-0.25, -0.2) is 9.13 Å². The van der Waals surface area contributed by atoms with Crippen LogP contribution >= 0.6 is 0 Å². The molecule has 5 heteroatoms. The zero-order valence-corrected chi connectivity index (χ0v) is 19.4. The van der Waals surface area contributed by atoms with Crippen molar-refractivity contribution in [3.05, 3.63) is 101 Å². The number of hydrogen-bond donors (Lipinski definition) is 0. The summed E-state index contributed by atoms with van der Waals surface area (Å²) in [5, 5.41) is 2.22. The van der Waals surface area contributed by atoms with Gasteiger partial charge < -0.3 is 9.47 Å². The summed E-state index contributed by atoms with van der Waals surface area (Å²) in [4.78, 5) is 13.3. The highest BCUT2D eigenvalue weighted by atomic mass is 16.5. The van der Waals surface area contributed by atoms with E-state index >= 15 is 0 Å². The molecular formula is C30H25N2O3+. The van der Waals surface area contributed by atoms with Crippen molar-refractivity contribution in [2.45, 2.75) is 25.9 Å². The predicted octanol–water partition coefficient (Wildman–Crippen LogP) is 4.88. The van der Waals surface area contributed by atoms with Gasteiger partial charge in [-0.15, -0.1) is 0 Å². The van der Waals surface area contributed by atoms with E-state index in [1.807, 2.05) is 48.5 Å². The number of aromatic nitrogens is 2. The third-order valence-electron chi connectivity index (χ3n) is 7.25. The van der Waals surface area contributed by atoms with E-state index in [0.717, 1.165) is 64.9 Å². The first kappa shape index (κ1) is 20.3. The Morgan fingerprint density at radius 3 is 2.66 bits per heavy atom. The third-order valence-corrected chi connectivity index (χ3v) is 7.25. The van der Waals surface area contributed by atoms with Crippen molar-refractivity contribution >= 4 is 27.6 Å². The zero-order chi connectivity index (χ0) is 23.4. The van der Waals surface area contributed by atoms with Gasteiger partial charge in [0.15, 0.2) is 17.6 Å². The monoisotopic (exact) mass is 461 g/mol. The van der Waals surface area contributed by atoms with Crippen LogP contribution in [0.2, 0.25) is 0 Å². The summed E-state index contributed by atoms with van der Waals surface area (Å²) in [6.45, 7) is 2.42. The number of para-hydroxylation sites is 2. The standard InChI is InChI=1S/C30H25N2O3/c33-28(22-10-9-20-5-1-2-6-21(20)15-22)18-32-19-31(26-7-3-4-8-27(26)32)17-25-24-12-14-34-29(24)16-23-11-13-35-30(23)25/h1-10,15-16,19H,11-14,17-18H2/q+1. The van der Waals surface area contributed by atoms with Crippen LogP contribution in [0.3, 0.4) is 0 Å². The molecule has 0 amide bonds. The molecule has 0 saturated carbocycles. The fraction of sp³-hybridized carbons (Fsp3) is 0.200. The quantitative estimate of drug-likeness (QED) is 0.277. The SMILES string of the molecule is O=C(Cn1c[n+](Cc2c3c(cc4c2OCC4)OCC3)c2ccccc21)c1ccc2ccccc2c1. The summed E-state index contributed by atoms with van der Waals surface area (Å²) in [5.41, 5.74) is 6.57. The molecule has 1 aromatic heterocycles. The summed E-state index contributed by atoms with van der Waals surface area (Å²) in [6.07, 6.45) is 3.90. The summed E-state index contributed by atoms with van der Waals surface area (Å²) in [5.74, 6) is 2.12. The second-order valence-corrected chi connectivity index (χ2v) is 9.36. The van der Waals surface area contributed by atoms with Crippen LogP contribution in [0.1, 0.15) is 27.0 Å². The number of Topliss-reactive ketones (excluding diaryl/α,β-unsaturated/α-hetero) is 1. The van der Waals surface area contributed by atoms with Gasteiger partial charge in [-0.05, 0) is 35.0 Å². The largest absolute Gasteiger partial charge is 0.493 e. The van der Waals surface area contributed by atoms with Crippen LogP contribution in [0.5, 0.6) is 11.5 Å². The lowest BCUT2D eigenvalue weighted by Gasteiger charge is -2.11. The Labute approximate surface area is 203 Å². The van der Waals surface area contributed by atoms with Crippen LogP contribution < -0.4 is 14.0 Å². The van der Waals surface area contributed by atoms with E-state index in [0.29, 0.717) is 6.54 Å². The maximum atomic E-state index is 13.3. The number of benzene rings is 4. The minimum Gasteiger partial charge on any atom is -0.493 e. The molecule has 35 heavy (non-hydrogen) atoms. The van der Waals surface area contributed by atoms with E-state index < -0.39 is 0 Å². The van der Waals surface area contributed by atoms with E-state index in [9.17, 15) is 4.79 Å². The Morgan fingerprint density at radius 2 is 1.71 bits per heavy atom. The molecule has 2 aliphatic rings. The first-order chi connectivity index (χ1) is 17.2. The molecule has 0 saturated heterocycles. The highest BCUT2D eigenvalue weighted by molar-refractivity contribution is 6.00. The van der Waals surface area contributed by atoms with E-state index in [1.54, 1.807) is 0 Å². The second kappa shape index (κ2) is 7.98. The Balaban J connectivity index is 1.26.